The highest BCUT2D eigenvalue weighted by Gasteiger charge is 2.18. The van der Waals surface area contributed by atoms with Crippen molar-refractivity contribution in [3.05, 3.63) is 30.3 Å². The molecular weight excluding hydrogens is 214 g/mol. The number of nitrogens with two attached hydrogens (primary N) is 1. The van der Waals surface area contributed by atoms with Gasteiger partial charge in [-0.2, -0.15) is 0 Å². The molecule has 1 fully saturated rings. The summed E-state index contributed by atoms with van der Waals surface area (Å²) in [6, 6.07) is 10.2. The number of ether oxygens (including phenoxy) is 2. The first-order valence-electron chi connectivity index (χ1n) is 6.39. The van der Waals surface area contributed by atoms with Crippen molar-refractivity contribution >= 4 is 0 Å². The standard InChI is InChI=1S/C14H21NO2/c15-12-6-8-14(9-7-12)17-11-10-16-13-4-2-1-3-5-13/h1-5,12,14H,6-11,15H2. The zero-order valence-electron chi connectivity index (χ0n) is 10.2. The monoisotopic (exact) mass is 235 g/mol. The van der Waals surface area contributed by atoms with Crippen molar-refractivity contribution in [3.8, 4) is 5.75 Å². The third-order valence-corrected chi connectivity index (χ3v) is 3.17. The second-order valence-electron chi connectivity index (χ2n) is 4.57. The predicted octanol–water partition coefficient (Wildman–Crippen LogP) is 2.35. The lowest BCUT2D eigenvalue weighted by Gasteiger charge is -2.26. The fraction of sp³-hybridized carbons (Fsp3) is 0.571. The molecule has 3 heteroatoms. The molecule has 2 rings (SSSR count). The van der Waals surface area contributed by atoms with Gasteiger partial charge in [0.1, 0.15) is 12.4 Å². The lowest BCUT2D eigenvalue weighted by atomic mass is 9.94. The van der Waals surface area contributed by atoms with Gasteiger partial charge >= 0.3 is 0 Å². The molecule has 0 saturated heterocycles. The Morgan fingerprint density at radius 2 is 1.71 bits per heavy atom. The second kappa shape index (κ2) is 6.62. The van der Waals surface area contributed by atoms with E-state index < -0.39 is 0 Å². The van der Waals surface area contributed by atoms with Crippen LogP contribution in [-0.2, 0) is 4.74 Å². The number of hydrogen-bond donors (Lipinski definition) is 1. The van der Waals surface area contributed by atoms with E-state index in [1.54, 1.807) is 0 Å². The molecule has 94 valence electrons. The van der Waals surface area contributed by atoms with Crippen LogP contribution in [0.5, 0.6) is 5.75 Å². The van der Waals surface area contributed by atoms with Gasteiger partial charge in [-0.15, -0.1) is 0 Å². The van der Waals surface area contributed by atoms with Crippen LogP contribution < -0.4 is 10.5 Å². The topological polar surface area (TPSA) is 44.5 Å². The molecular formula is C14H21NO2. The molecule has 1 aliphatic rings. The van der Waals surface area contributed by atoms with Crippen molar-refractivity contribution in [3.63, 3.8) is 0 Å². The van der Waals surface area contributed by atoms with E-state index in [-0.39, 0.29) is 0 Å². The Kier molecular flexibility index (Phi) is 4.83. The molecule has 0 atom stereocenters. The largest absolute Gasteiger partial charge is 0.491 e. The minimum atomic E-state index is 0.383. The molecule has 0 spiro atoms. The Morgan fingerprint density at radius 1 is 1.00 bits per heavy atom. The van der Waals surface area contributed by atoms with E-state index in [0.29, 0.717) is 25.4 Å². The summed E-state index contributed by atoms with van der Waals surface area (Å²) < 4.78 is 11.3. The van der Waals surface area contributed by atoms with Crippen LogP contribution in [0.1, 0.15) is 25.7 Å². The molecule has 0 unspecified atom stereocenters. The fourth-order valence-corrected chi connectivity index (χ4v) is 2.15. The average Bonchev–Trinajstić information content (AvgIpc) is 2.38. The van der Waals surface area contributed by atoms with E-state index in [1.807, 2.05) is 30.3 Å². The lowest BCUT2D eigenvalue weighted by Crippen LogP contribution is -2.30. The summed E-state index contributed by atoms with van der Waals surface area (Å²) in [5.41, 5.74) is 5.85. The zero-order valence-corrected chi connectivity index (χ0v) is 10.2. The van der Waals surface area contributed by atoms with Gasteiger partial charge < -0.3 is 15.2 Å². The molecule has 1 aromatic carbocycles. The number of para-hydroxylation sites is 1. The van der Waals surface area contributed by atoms with Crippen molar-refractivity contribution in [2.24, 2.45) is 5.73 Å². The third kappa shape index (κ3) is 4.36. The van der Waals surface area contributed by atoms with Crippen LogP contribution in [0.3, 0.4) is 0 Å². The van der Waals surface area contributed by atoms with Gasteiger partial charge in [-0.1, -0.05) is 18.2 Å². The Labute approximate surface area is 103 Å². The summed E-state index contributed by atoms with van der Waals surface area (Å²) in [5.74, 6) is 0.904. The van der Waals surface area contributed by atoms with Crippen LogP contribution in [0, 0.1) is 0 Å². The van der Waals surface area contributed by atoms with E-state index in [9.17, 15) is 0 Å². The molecule has 0 bridgehead atoms. The van der Waals surface area contributed by atoms with Crippen LogP contribution in [0.4, 0.5) is 0 Å². The Hall–Kier alpha value is -1.06. The highest BCUT2D eigenvalue weighted by atomic mass is 16.5. The van der Waals surface area contributed by atoms with Gasteiger partial charge in [0.25, 0.3) is 0 Å². The molecule has 0 aromatic heterocycles. The SMILES string of the molecule is NC1CCC(OCCOc2ccccc2)CC1. The summed E-state index contributed by atoms with van der Waals surface area (Å²) >= 11 is 0. The van der Waals surface area contributed by atoms with Gasteiger partial charge in [0.05, 0.1) is 12.7 Å². The minimum absolute atomic E-state index is 0.383. The van der Waals surface area contributed by atoms with Crippen LogP contribution in [0.2, 0.25) is 0 Å². The van der Waals surface area contributed by atoms with Crippen molar-refractivity contribution in [1.82, 2.24) is 0 Å². The molecule has 0 radical (unpaired) electrons. The molecule has 1 saturated carbocycles. The van der Waals surface area contributed by atoms with Crippen LogP contribution >= 0.6 is 0 Å². The van der Waals surface area contributed by atoms with Crippen LogP contribution in [-0.4, -0.2) is 25.4 Å². The van der Waals surface area contributed by atoms with E-state index in [4.69, 9.17) is 15.2 Å². The summed E-state index contributed by atoms with van der Waals surface area (Å²) in [6.07, 6.45) is 4.74. The van der Waals surface area contributed by atoms with Gasteiger partial charge in [-0.3, -0.25) is 0 Å². The van der Waals surface area contributed by atoms with Crippen molar-refractivity contribution in [2.75, 3.05) is 13.2 Å². The van der Waals surface area contributed by atoms with E-state index in [0.717, 1.165) is 31.4 Å². The molecule has 17 heavy (non-hydrogen) atoms. The zero-order chi connectivity index (χ0) is 11.9. The molecule has 0 aliphatic heterocycles. The van der Waals surface area contributed by atoms with Gasteiger partial charge in [0, 0.05) is 6.04 Å². The smallest absolute Gasteiger partial charge is 0.119 e. The van der Waals surface area contributed by atoms with Gasteiger partial charge in [-0.25, -0.2) is 0 Å². The van der Waals surface area contributed by atoms with Crippen molar-refractivity contribution < 1.29 is 9.47 Å². The summed E-state index contributed by atoms with van der Waals surface area (Å²) in [4.78, 5) is 0. The first-order chi connectivity index (χ1) is 8.34. The quantitative estimate of drug-likeness (QED) is 0.797. The molecule has 1 aromatic rings. The molecule has 3 nitrogen and oxygen atoms in total. The van der Waals surface area contributed by atoms with Gasteiger partial charge in [-0.05, 0) is 37.8 Å². The highest BCUT2D eigenvalue weighted by Crippen LogP contribution is 2.19. The van der Waals surface area contributed by atoms with Gasteiger partial charge in [0.2, 0.25) is 0 Å². The highest BCUT2D eigenvalue weighted by molar-refractivity contribution is 5.20. The van der Waals surface area contributed by atoms with Crippen molar-refractivity contribution in [1.29, 1.82) is 0 Å². The first kappa shape index (κ1) is 12.4. The average molecular weight is 235 g/mol. The Morgan fingerprint density at radius 3 is 2.41 bits per heavy atom. The number of rotatable bonds is 5. The fourth-order valence-electron chi connectivity index (χ4n) is 2.15. The summed E-state index contributed by atoms with van der Waals surface area (Å²) in [6.45, 7) is 1.28. The van der Waals surface area contributed by atoms with Crippen LogP contribution in [0.25, 0.3) is 0 Å². The third-order valence-electron chi connectivity index (χ3n) is 3.17. The van der Waals surface area contributed by atoms with Crippen molar-refractivity contribution in [2.45, 2.75) is 37.8 Å². The summed E-state index contributed by atoms with van der Waals surface area (Å²) in [5, 5.41) is 0. The van der Waals surface area contributed by atoms with E-state index >= 15 is 0 Å². The van der Waals surface area contributed by atoms with E-state index in [1.165, 1.54) is 0 Å². The Bertz CT molecular complexity index is 307. The predicted molar refractivity (Wildman–Crippen MR) is 68.1 cm³/mol. The normalized spacial score (nSPS) is 24.5. The Balaban J connectivity index is 1.57. The van der Waals surface area contributed by atoms with Gasteiger partial charge in [0.15, 0.2) is 0 Å². The first-order valence-corrected chi connectivity index (χ1v) is 6.39. The maximum absolute atomic E-state index is 5.85. The molecule has 1 aliphatic carbocycles. The second-order valence-corrected chi connectivity index (χ2v) is 4.57. The molecule has 0 heterocycles. The summed E-state index contributed by atoms with van der Waals surface area (Å²) in [7, 11) is 0. The number of hydrogen-bond acceptors (Lipinski definition) is 3. The maximum atomic E-state index is 5.85. The van der Waals surface area contributed by atoms with Crippen LogP contribution in [0.15, 0.2) is 30.3 Å². The minimum Gasteiger partial charge on any atom is -0.491 e. The maximum Gasteiger partial charge on any atom is 0.119 e. The molecule has 0 amide bonds. The van der Waals surface area contributed by atoms with E-state index in [2.05, 4.69) is 0 Å². The number of benzene rings is 1. The lowest BCUT2D eigenvalue weighted by molar-refractivity contribution is 0.0102. The molecule has 2 N–H and O–H groups in total.